The number of esters is 1. The summed E-state index contributed by atoms with van der Waals surface area (Å²) in [6, 6.07) is 3.58. The molecule has 3 heteroatoms. The van der Waals surface area contributed by atoms with Gasteiger partial charge in [0.05, 0.1) is 13.5 Å². The zero-order valence-corrected chi connectivity index (χ0v) is 6.28. The van der Waals surface area contributed by atoms with Gasteiger partial charge in [-0.15, -0.1) is 0 Å². The van der Waals surface area contributed by atoms with Crippen LogP contribution in [0.25, 0.3) is 0 Å². The van der Waals surface area contributed by atoms with E-state index in [2.05, 4.69) is 9.72 Å². The molecule has 0 bridgehead atoms. The Balaban J connectivity index is 2.58. The quantitative estimate of drug-likeness (QED) is 0.587. The first kappa shape index (κ1) is 7.72. The van der Waals surface area contributed by atoms with E-state index < -0.39 is 0 Å². The Morgan fingerprint density at radius 3 is 2.73 bits per heavy atom. The van der Waals surface area contributed by atoms with Crippen LogP contribution in [0.15, 0.2) is 24.5 Å². The van der Waals surface area contributed by atoms with Crippen molar-refractivity contribution in [1.82, 2.24) is 4.98 Å². The van der Waals surface area contributed by atoms with E-state index in [-0.39, 0.29) is 5.97 Å². The van der Waals surface area contributed by atoms with Crippen LogP contribution in [0.5, 0.6) is 0 Å². The van der Waals surface area contributed by atoms with Crippen LogP contribution < -0.4 is 0 Å². The van der Waals surface area contributed by atoms with Crippen LogP contribution in [0.1, 0.15) is 5.56 Å². The molecule has 0 aromatic carbocycles. The van der Waals surface area contributed by atoms with Crippen molar-refractivity contribution in [2.45, 2.75) is 6.42 Å². The minimum Gasteiger partial charge on any atom is -0.469 e. The Hall–Kier alpha value is -1.38. The van der Waals surface area contributed by atoms with Gasteiger partial charge < -0.3 is 4.74 Å². The average molecular weight is 151 g/mol. The fourth-order valence-electron chi connectivity index (χ4n) is 0.739. The predicted octanol–water partition coefficient (Wildman–Crippen LogP) is 0.797. The summed E-state index contributed by atoms with van der Waals surface area (Å²) in [5.74, 6) is -0.226. The first-order valence-electron chi connectivity index (χ1n) is 3.28. The molecule has 3 nitrogen and oxygen atoms in total. The Labute approximate surface area is 65.0 Å². The molecule has 0 saturated heterocycles. The van der Waals surface area contributed by atoms with Gasteiger partial charge >= 0.3 is 5.97 Å². The highest BCUT2D eigenvalue weighted by molar-refractivity contribution is 5.72. The van der Waals surface area contributed by atoms with E-state index in [1.165, 1.54) is 7.11 Å². The second-order valence-electron chi connectivity index (χ2n) is 2.11. The van der Waals surface area contributed by atoms with E-state index >= 15 is 0 Å². The van der Waals surface area contributed by atoms with Gasteiger partial charge in [0.1, 0.15) is 0 Å². The predicted molar refractivity (Wildman–Crippen MR) is 40.0 cm³/mol. The molecule has 0 saturated carbocycles. The number of carbonyl (C=O) groups is 1. The molecule has 1 rings (SSSR count). The molecular weight excluding hydrogens is 142 g/mol. The summed E-state index contributed by atoms with van der Waals surface area (Å²) < 4.78 is 4.49. The molecule has 0 unspecified atom stereocenters. The molecule has 0 spiro atoms. The van der Waals surface area contributed by atoms with E-state index in [1.54, 1.807) is 24.5 Å². The molecule has 0 radical (unpaired) electrons. The normalized spacial score (nSPS) is 9.18. The van der Waals surface area contributed by atoms with Crippen LogP contribution in [0.3, 0.4) is 0 Å². The number of aromatic nitrogens is 1. The van der Waals surface area contributed by atoms with Gasteiger partial charge in [-0.3, -0.25) is 9.78 Å². The summed E-state index contributed by atoms with van der Waals surface area (Å²) in [5.41, 5.74) is 0.923. The summed E-state index contributed by atoms with van der Waals surface area (Å²) in [6.07, 6.45) is 3.62. The van der Waals surface area contributed by atoms with E-state index in [9.17, 15) is 4.79 Å². The summed E-state index contributed by atoms with van der Waals surface area (Å²) in [5, 5.41) is 0. The number of hydrogen-bond donors (Lipinski definition) is 0. The van der Waals surface area contributed by atoms with E-state index in [0.29, 0.717) is 6.42 Å². The molecule has 1 heterocycles. The first-order chi connectivity index (χ1) is 5.33. The van der Waals surface area contributed by atoms with Gasteiger partial charge in [0, 0.05) is 12.4 Å². The molecule has 0 N–H and O–H groups in total. The standard InChI is InChI=1S/C8H9NO2/c1-11-8(10)6-7-2-4-9-5-3-7/h2-5H,6H2,1H3. The number of rotatable bonds is 2. The second-order valence-corrected chi connectivity index (χ2v) is 2.11. The topological polar surface area (TPSA) is 39.2 Å². The Kier molecular flexibility index (Phi) is 2.60. The van der Waals surface area contributed by atoms with Gasteiger partial charge in [0.2, 0.25) is 0 Å². The van der Waals surface area contributed by atoms with Crippen molar-refractivity contribution in [1.29, 1.82) is 0 Å². The van der Waals surface area contributed by atoms with Crippen molar-refractivity contribution in [2.75, 3.05) is 7.11 Å². The van der Waals surface area contributed by atoms with Crippen LogP contribution in [0.4, 0.5) is 0 Å². The Morgan fingerprint density at radius 2 is 2.18 bits per heavy atom. The molecule has 0 aliphatic carbocycles. The van der Waals surface area contributed by atoms with Gasteiger partial charge in [-0.1, -0.05) is 0 Å². The maximum atomic E-state index is 10.7. The maximum Gasteiger partial charge on any atom is 0.309 e. The fraction of sp³-hybridized carbons (Fsp3) is 0.250. The van der Waals surface area contributed by atoms with Crippen molar-refractivity contribution < 1.29 is 9.53 Å². The minimum atomic E-state index is -0.226. The molecule has 0 aliphatic heterocycles. The van der Waals surface area contributed by atoms with Crippen LogP contribution in [0.2, 0.25) is 0 Å². The summed E-state index contributed by atoms with van der Waals surface area (Å²) in [4.78, 5) is 14.6. The molecule has 0 aliphatic rings. The number of pyridine rings is 1. The largest absolute Gasteiger partial charge is 0.469 e. The van der Waals surface area contributed by atoms with Crippen LogP contribution in [0, 0.1) is 0 Å². The zero-order chi connectivity index (χ0) is 8.10. The highest BCUT2D eigenvalue weighted by atomic mass is 16.5. The summed E-state index contributed by atoms with van der Waals surface area (Å²) >= 11 is 0. The fourth-order valence-corrected chi connectivity index (χ4v) is 0.739. The Bertz CT molecular complexity index is 233. The van der Waals surface area contributed by atoms with Gasteiger partial charge in [-0.25, -0.2) is 0 Å². The van der Waals surface area contributed by atoms with Gasteiger partial charge in [0.15, 0.2) is 0 Å². The molecule has 0 atom stereocenters. The highest BCUT2D eigenvalue weighted by Crippen LogP contribution is 1.97. The van der Waals surface area contributed by atoms with Gasteiger partial charge in [-0.05, 0) is 17.7 Å². The average Bonchev–Trinajstić information content (AvgIpc) is 2.06. The minimum absolute atomic E-state index is 0.226. The smallest absolute Gasteiger partial charge is 0.309 e. The van der Waals surface area contributed by atoms with E-state index in [0.717, 1.165) is 5.56 Å². The number of carbonyl (C=O) groups excluding carboxylic acids is 1. The van der Waals surface area contributed by atoms with Crippen molar-refractivity contribution in [2.24, 2.45) is 0 Å². The van der Waals surface area contributed by atoms with Gasteiger partial charge in [0.25, 0.3) is 0 Å². The molecule has 0 amide bonds. The van der Waals surface area contributed by atoms with Crippen LogP contribution >= 0.6 is 0 Å². The third-order valence-electron chi connectivity index (χ3n) is 1.33. The van der Waals surface area contributed by atoms with Crippen LogP contribution in [-0.4, -0.2) is 18.1 Å². The lowest BCUT2D eigenvalue weighted by Gasteiger charge is -1.97. The van der Waals surface area contributed by atoms with E-state index in [1.807, 2.05) is 0 Å². The van der Waals surface area contributed by atoms with Crippen molar-refractivity contribution in [3.05, 3.63) is 30.1 Å². The SMILES string of the molecule is COC(=O)Cc1ccncc1. The van der Waals surface area contributed by atoms with Gasteiger partial charge in [-0.2, -0.15) is 0 Å². The summed E-state index contributed by atoms with van der Waals surface area (Å²) in [7, 11) is 1.38. The number of ether oxygens (including phenoxy) is 1. The molecular formula is C8H9NO2. The molecule has 0 fully saturated rings. The number of nitrogens with zero attached hydrogens (tertiary/aromatic N) is 1. The zero-order valence-electron chi connectivity index (χ0n) is 6.28. The van der Waals surface area contributed by atoms with Crippen molar-refractivity contribution >= 4 is 5.97 Å². The van der Waals surface area contributed by atoms with Crippen LogP contribution in [-0.2, 0) is 16.0 Å². The number of methoxy groups -OCH3 is 1. The molecule has 1 aromatic heterocycles. The third kappa shape index (κ3) is 2.37. The monoisotopic (exact) mass is 151 g/mol. The lowest BCUT2D eigenvalue weighted by atomic mass is 10.2. The molecule has 11 heavy (non-hydrogen) atoms. The summed E-state index contributed by atoms with van der Waals surface area (Å²) in [6.45, 7) is 0. The molecule has 58 valence electrons. The molecule has 1 aromatic rings. The second kappa shape index (κ2) is 3.71. The third-order valence-corrected chi connectivity index (χ3v) is 1.33. The maximum absolute atomic E-state index is 10.7. The Morgan fingerprint density at radius 1 is 1.55 bits per heavy atom. The lowest BCUT2D eigenvalue weighted by Crippen LogP contribution is -2.03. The number of hydrogen-bond acceptors (Lipinski definition) is 3. The van der Waals surface area contributed by atoms with Crippen molar-refractivity contribution in [3.8, 4) is 0 Å². The highest BCUT2D eigenvalue weighted by Gasteiger charge is 2.00. The van der Waals surface area contributed by atoms with E-state index in [4.69, 9.17) is 0 Å². The first-order valence-corrected chi connectivity index (χ1v) is 3.28. The lowest BCUT2D eigenvalue weighted by molar-refractivity contribution is -0.139. The van der Waals surface area contributed by atoms with Crippen molar-refractivity contribution in [3.63, 3.8) is 0 Å².